The molecular formula is C29H44N4O6S2. The van der Waals surface area contributed by atoms with Crippen LogP contribution in [0.2, 0.25) is 0 Å². The van der Waals surface area contributed by atoms with Gasteiger partial charge in [0.25, 0.3) is 15.9 Å². The van der Waals surface area contributed by atoms with Crippen molar-refractivity contribution in [3.63, 3.8) is 0 Å². The summed E-state index contributed by atoms with van der Waals surface area (Å²) in [7, 11) is -2.48. The number of Topliss-reactive ketones (excluding diaryl/α,β-unsaturated/α-hetero) is 1. The number of thioether (sulfide) groups is 1. The summed E-state index contributed by atoms with van der Waals surface area (Å²) < 4.78 is 32.4. The zero-order chi connectivity index (χ0) is 30.4. The highest BCUT2D eigenvalue weighted by atomic mass is 32.2. The largest absolute Gasteiger partial charge is 0.500 e. The number of rotatable bonds is 11. The second kappa shape index (κ2) is 17.3. The number of pyridine rings is 1. The maximum Gasteiger partial charge on any atom is 0.262 e. The molecule has 2 aliphatic rings. The van der Waals surface area contributed by atoms with Gasteiger partial charge in [-0.3, -0.25) is 14.4 Å². The minimum absolute atomic E-state index is 0.122. The number of nitrogens with one attached hydrogen (secondary N) is 2. The molecule has 1 aliphatic carbocycles. The number of allylic oxidation sites excluding steroid dienone is 1. The Labute approximate surface area is 248 Å². The van der Waals surface area contributed by atoms with Gasteiger partial charge in [0.05, 0.1) is 19.7 Å². The number of ketones is 1. The van der Waals surface area contributed by atoms with Crippen LogP contribution < -0.4 is 10.6 Å². The molecule has 3 rings (SSSR count). The lowest BCUT2D eigenvalue weighted by molar-refractivity contribution is -0.131. The third-order valence-electron chi connectivity index (χ3n) is 7.13. The van der Waals surface area contributed by atoms with Crippen LogP contribution in [0.3, 0.4) is 0 Å². The molecule has 0 aromatic carbocycles. The lowest BCUT2D eigenvalue weighted by Gasteiger charge is -2.28. The highest BCUT2D eigenvalue weighted by Gasteiger charge is 2.35. The number of aromatic nitrogens is 1. The highest BCUT2D eigenvalue weighted by molar-refractivity contribution is 8.06. The van der Waals surface area contributed by atoms with E-state index in [4.69, 9.17) is 4.74 Å². The summed E-state index contributed by atoms with van der Waals surface area (Å²) in [6.07, 6.45) is 7.79. The van der Waals surface area contributed by atoms with E-state index < -0.39 is 39.7 Å². The Morgan fingerprint density at radius 3 is 2.51 bits per heavy atom. The first-order chi connectivity index (χ1) is 19.7. The number of nitrogens with zero attached hydrogens (tertiary/aromatic N) is 2. The van der Waals surface area contributed by atoms with Crippen molar-refractivity contribution in [3.05, 3.63) is 47.0 Å². The van der Waals surface area contributed by atoms with E-state index in [0.717, 1.165) is 48.2 Å². The van der Waals surface area contributed by atoms with Crippen molar-refractivity contribution in [1.29, 1.82) is 0 Å². The van der Waals surface area contributed by atoms with Gasteiger partial charge in [0.2, 0.25) is 5.91 Å². The van der Waals surface area contributed by atoms with Crippen LogP contribution in [-0.4, -0.2) is 67.6 Å². The Morgan fingerprint density at radius 2 is 1.90 bits per heavy atom. The van der Waals surface area contributed by atoms with E-state index in [0.29, 0.717) is 29.9 Å². The predicted octanol–water partition coefficient (Wildman–Crippen LogP) is 4.16. The minimum atomic E-state index is -3.94. The van der Waals surface area contributed by atoms with E-state index in [1.54, 1.807) is 19.1 Å². The van der Waals surface area contributed by atoms with Gasteiger partial charge in [-0.2, -0.15) is 4.31 Å². The summed E-state index contributed by atoms with van der Waals surface area (Å²) in [5, 5.41) is 7.06. The molecule has 2 atom stereocenters. The second-order valence-electron chi connectivity index (χ2n) is 9.82. The van der Waals surface area contributed by atoms with Crippen molar-refractivity contribution >= 4 is 39.4 Å². The van der Waals surface area contributed by atoms with Gasteiger partial charge in [0.15, 0.2) is 10.8 Å². The Hall–Kier alpha value is -2.70. The number of carbonyl (C=O) groups excluding carboxylic acids is 3. The van der Waals surface area contributed by atoms with E-state index in [2.05, 4.69) is 22.2 Å². The fraction of sp³-hybridized carbons (Fsp3) is 0.586. The zero-order valence-corrected chi connectivity index (χ0v) is 26.2. The Balaban J connectivity index is 0.00000287. The van der Waals surface area contributed by atoms with E-state index in [-0.39, 0.29) is 24.0 Å². The van der Waals surface area contributed by atoms with Gasteiger partial charge in [-0.15, -0.1) is 0 Å². The van der Waals surface area contributed by atoms with E-state index in [1.807, 2.05) is 13.8 Å². The number of ether oxygens (including phenoxy) is 1. The standard InChI is InChI=1S/C27H38N4O6S2.C2H6/c1-4-38-25(19(2)37-3)27(34)30-22(17-20-11-6-5-7-12-20)26(33)29-21-13-10-16-31(18-23(21)32)39(35,36)24-14-8-9-15-28-24;1-2/h4,8-9,14-15,20-22H,1,5-7,10-13,16-18H2,2-3H3,(H,29,33)(H,30,34);1-2H3/b25-19+;/t21?,22-;/m0./s1. The topological polar surface area (TPSA) is 135 Å². The lowest BCUT2D eigenvalue weighted by atomic mass is 9.84. The van der Waals surface area contributed by atoms with E-state index in [1.165, 1.54) is 24.8 Å². The van der Waals surface area contributed by atoms with Gasteiger partial charge in [-0.1, -0.05) is 70.4 Å². The molecule has 1 aliphatic heterocycles. The number of hydrogen-bond acceptors (Lipinski definition) is 8. The molecule has 2 fully saturated rings. The molecule has 2 N–H and O–H groups in total. The van der Waals surface area contributed by atoms with E-state index in [9.17, 15) is 22.8 Å². The van der Waals surface area contributed by atoms with Crippen molar-refractivity contribution < 1.29 is 27.5 Å². The maximum atomic E-state index is 13.5. The molecule has 2 heterocycles. The first-order valence-corrected chi connectivity index (χ1v) is 16.6. The first-order valence-electron chi connectivity index (χ1n) is 14.2. The monoisotopic (exact) mass is 608 g/mol. The summed E-state index contributed by atoms with van der Waals surface area (Å²) in [5.41, 5.74) is 0. The number of amides is 2. The number of methoxy groups -OCH3 is 1. The lowest BCUT2D eigenvalue weighted by Crippen LogP contribution is -2.53. The van der Waals surface area contributed by atoms with Crippen molar-refractivity contribution in [1.82, 2.24) is 19.9 Å². The van der Waals surface area contributed by atoms with Crippen LogP contribution in [0.1, 0.15) is 72.1 Å². The van der Waals surface area contributed by atoms with Crippen molar-refractivity contribution in [2.24, 2.45) is 5.92 Å². The van der Waals surface area contributed by atoms with E-state index >= 15 is 0 Å². The molecular weight excluding hydrogens is 564 g/mol. The quantitative estimate of drug-likeness (QED) is 0.283. The van der Waals surface area contributed by atoms with Crippen LogP contribution >= 0.6 is 11.8 Å². The normalized spacial score (nSPS) is 19.9. The third-order valence-corrected chi connectivity index (χ3v) is 9.77. The molecule has 1 aromatic heterocycles. The third kappa shape index (κ3) is 9.96. The summed E-state index contributed by atoms with van der Waals surface area (Å²) in [5.74, 6) is -0.619. The van der Waals surface area contributed by atoms with Crippen molar-refractivity contribution in [2.45, 2.75) is 89.2 Å². The molecule has 1 unspecified atom stereocenters. The van der Waals surface area contributed by atoms with Crippen LogP contribution in [-0.2, 0) is 29.1 Å². The fourth-order valence-corrected chi connectivity index (χ4v) is 6.90. The van der Waals surface area contributed by atoms with Crippen LogP contribution in [0.4, 0.5) is 0 Å². The molecule has 41 heavy (non-hydrogen) atoms. The van der Waals surface area contributed by atoms with Crippen molar-refractivity contribution in [3.8, 4) is 0 Å². The minimum Gasteiger partial charge on any atom is -0.500 e. The molecule has 0 radical (unpaired) electrons. The molecule has 2 amide bonds. The summed E-state index contributed by atoms with van der Waals surface area (Å²) in [4.78, 5) is 44.0. The molecule has 0 spiro atoms. The number of carbonyl (C=O) groups is 3. The second-order valence-corrected chi connectivity index (χ2v) is 12.7. The van der Waals surface area contributed by atoms with Crippen LogP contribution in [0.15, 0.2) is 52.1 Å². The Bertz CT molecular complexity index is 1170. The molecule has 12 heteroatoms. The van der Waals surface area contributed by atoms with Crippen LogP contribution in [0, 0.1) is 5.92 Å². The summed E-state index contributed by atoms with van der Waals surface area (Å²) in [6.45, 7) is 9.11. The number of hydrogen-bond donors (Lipinski definition) is 2. The smallest absolute Gasteiger partial charge is 0.262 e. The average Bonchev–Trinajstić information content (AvgIpc) is 3.18. The fourth-order valence-electron chi connectivity index (χ4n) is 4.94. The average molecular weight is 609 g/mol. The predicted molar refractivity (Wildman–Crippen MR) is 161 cm³/mol. The molecule has 1 saturated heterocycles. The Morgan fingerprint density at radius 1 is 1.20 bits per heavy atom. The zero-order valence-electron chi connectivity index (χ0n) is 24.6. The van der Waals surface area contributed by atoms with Gasteiger partial charge in [-0.25, -0.2) is 13.4 Å². The van der Waals surface area contributed by atoms with Gasteiger partial charge in [-0.05, 0) is 49.6 Å². The van der Waals surface area contributed by atoms with Crippen molar-refractivity contribution in [2.75, 3.05) is 20.2 Å². The van der Waals surface area contributed by atoms with Crippen LogP contribution in [0.5, 0.6) is 0 Å². The highest BCUT2D eigenvalue weighted by Crippen LogP contribution is 2.28. The summed E-state index contributed by atoms with van der Waals surface area (Å²) in [6, 6.07) is 2.87. The number of sulfonamides is 1. The van der Waals surface area contributed by atoms with Crippen LogP contribution in [0.25, 0.3) is 0 Å². The molecule has 228 valence electrons. The Kier molecular flexibility index (Phi) is 14.6. The molecule has 10 nitrogen and oxygen atoms in total. The first kappa shape index (κ1) is 34.5. The van der Waals surface area contributed by atoms with Gasteiger partial charge < -0.3 is 15.4 Å². The SMILES string of the molecule is C=CS/C(C(=O)N[C@@H](CC1CCCCC1)C(=O)NC1CCCN(S(=O)(=O)c2ccccn2)CC1=O)=C(\C)OC.CC. The molecule has 1 aromatic rings. The summed E-state index contributed by atoms with van der Waals surface area (Å²) >= 11 is 1.11. The maximum absolute atomic E-state index is 13.5. The molecule has 1 saturated carbocycles. The van der Waals surface area contributed by atoms with Gasteiger partial charge in [0.1, 0.15) is 16.7 Å². The van der Waals surface area contributed by atoms with Gasteiger partial charge in [0, 0.05) is 12.7 Å². The van der Waals surface area contributed by atoms with Gasteiger partial charge >= 0.3 is 0 Å². The molecule has 0 bridgehead atoms.